The van der Waals surface area contributed by atoms with Crippen LogP contribution in [-0.4, -0.2) is 22.4 Å². The Hall–Kier alpha value is -2.81. The van der Waals surface area contributed by atoms with E-state index >= 15 is 0 Å². The molecular weight excluding hydrogens is 461 g/mol. The van der Waals surface area contributed by atoms with Gasteiger partial charge in [-0.2, -0.15) is 4.98 Å². The van der Waals surface area contributed by atoms with Crippen molar-refractivity contribution in [2.24, 2.45) is 0 Å². The van der Waals surface area contributed by atoms with E-state index in [2.05, 4.69) is 41.3 Å². The van der Waals surface area contributed by atoms with Crippen molar-refractivity contribution in [2.75, 3.05) is 10.6 Å². The Morgan fingerprint density at radius 1 is 1.03 bits per heavy atom. The van der Waals surface area contributed by atoms with Crippen molar-refractivity contribution in [3.63, 3.8) is 0 Å². The molecule has 1 saturated carbocycles. The zero-order chi connectivity index (χ0) is 21.1. The van der Waals surface area contributed by atoms with Gasteiger partial charge in [-0.25, -0.2) is 4.98 Å². The standard InChI is InChI=1S/C21H18BrF3N4O/c22-17-7-2-1-4-14(17)12-26-19-11-18(28-20(29-19)27-15-8-9-15)13-5-3-6-16(10-13)30-21(23,24)25/h1-7,10-11,15H,8-9,12H2,(H2,26,27,28,29). The molecule has 1 aromatic heterocycles. The highest BCUT2D eigenvalue weighted by atomic mass is 79.9. The SMILES string of the molecule is FC(F)(F)Oc1cccc(-c2cc(NCc3ccccc3Br)nc(NC3CC3)n2)c1. The maximum absolute atomic E-state index is 12.6. The second-order valence-electron chi connectivity index (χ2n) is 6.90. The van der Waals surface area contributed by atoms with Gasteiger partial charge in [-0.05, 0) is 36.6 Å². The van der Waals surface area contributed by atoms with E-state index < -0.39 is 6.36 Å². The maximum atomic E-state index is 12.6. The molecule has 1 fully saturated rings. The van der Waals surface area contributed by atoms with E-state index in [-0.39, 0.29) is 5.75 Å². The average Bonchev–Trinajstić information content (AvgIpc) is 3.50. The number of rotatable bonds is 7. The minimum Gasteiger partial charge on any atom is -0.406 e. The Morgan fingerprint density at radius 3 is 2.57 bits per heavy atom. The van der Waals surface area contributed by atoms with Crippen LogP contribution in [0.3, 0.4) is 0 Å². The predicted molar refractivity (Wildman–Crippen MR) is 112 cm³/mol. The Morgan fingerprint density at radius 2 is 1.83 bits per heavy atom. The van der Waals surface area contributed by atoms with Gasteiger partial charge in [-0.3, -0.25) is 0 Å². The lowest BCUT2D eigenvalue weighted by Crippen LogP contribution is -2.17. The summed E-state index contributed by atoms with van der Waals surface area (Å²) >= 11 is 3.52. The van der Waals surface area contributed by atoms with Crippen molar-refractivity contribution in [3.05, 3.63) is 64.6 Å². The van der Waals surface area contributed by atoms with Gasteiger partial charge < -0.3 is 15.4 Å². The zero-order valence-corrected chi connectivity index (χ0v) is 17.3. The lowest BCUT2D eigenvalue weighted by Gasteiger charge is -2.13. The number of nitrogens with zero attached hydrogens (tertiary/aromatic N) is 2. The van der Waals surface area contributed by atoms with E-state index in [1.165, 1.54) is 18.2 Å². The summed E-state index contributed by atoms with van der Waals surface area (Å²) in [5.41, 5.74) is 2.05. The molecule has 2 aromatic carbocycles. The van der Waals surface area contributed by atoms with Gasteiger partial charge in [0.25, 0.3) is 0 Å². The van der Waals surface area contributed by atoms with Crippen molar-refractivity contribution >= 4 is 27.7 Å². The Kier molecular flexibility index (Phi) is 5.80. The number of alkyl halides is 3. The Bertz CT molecular complexity index is 1040. The van der Waals surface area contributed by atoms with E-state index in [1.54, 1.807) is 12.1 Å². The van der Waals surface area contributed by atoms with Gasteiger partial charge in [0.05, 0.1) is 5.69 Å². The van der Waals surface area contributed by atoms with Crippen LogP contribution in [0.1, 0.15) is 18.4 Å². The first-order chi connectivity index (χ1) is 14.4. The van der Waals surface area contributed by atoms with Crippen LogP contribution in [0.15, 0.2) is 59.1 Å². The van der Waals surface area contributed by atoms with Crippen LogP contribution in [0.5, 0.6) is 5.75 Å². The molecule has 0 spiro atoms. The predicted octanol–water partition coefficient (Wildman–Crippen LogP) is 5.99. The molecule has 4 rings (SSSR count). The van der Waals surface area contributed by atoms with Crippen molar-refractivity contribution in [2.45, 2.75) is 31.8 Å². The molecule has 3 aromatic rings. The summed E-state index contributed by atoms with van der Waals surface area (Å²) in [4.78, 5) is 8.99. The molecule has 0 saturated heterocycles. The number of nitrogens with one attached hydrogen (secondary N) is 2. The zero-order valence-electron chi connectivity index (χ0n) is 15.7. The molecule has 2 N–H and O–H groups in total. The molecule has 5 nitrogen and oxygen atoms in total. The Balaban J connectivity index is 1.61. The number of anilines is 2. The van der Waals surface area contributed by atoms with Gasteiger partial charge in [0.15, 0.2) is 0 Å². The first-order valence-corrected chi connectivity index (χ1v) is 10.1. The van der Waals surface area contributed by atoms with E-state index in [4.69, 9.17) is 0 Å². The van der Waals surface area contributed by atoms with Crippen molar-refractivity contribution < 1.29 is 17.9 Å². The molecule has 0 amide bonds. The molecule has 30 heavy (non-hydrogen) atoms. The molecule has 9 heteroatoms. The average molecular weight is 479 g/mol. The van der Waals surface area contributed by atoms with Crippen LogP contribution in [0, 0.1) is 0 Å². The third kappa shape index (κ3) is 5.63. The summed E-state index contributed by atoms with van der Waals surface area (Å²) in [5, 5.41) is 6.51. The molecule has 156 valence electrons. The number of hydrogen-bond acceptors (Lipinski definition) is 5. The van der Waals surface area contributed by atoms with Crippen molar-refractivity contribution in [1.29, 1.82) is 0 Å². The van der Waals surface area contributed by atoms with Crippen LogP contribution < -0.4 is 15.4 Å². The van der Waals surface area contributed by atoms with Gasteiger partial charge in [-0.1, -0.05) is 46.3 Å². The summed E-state index contributed by atoms with van der Waals surface area (Å²) in [5.74, 6) is 0.714. The molecule has 1 aliphatic carbocycles. The van der Waals surface area contributed by atoms with Gasteiger partial charge in [0.1, 0.15) is 11.6 Å². The van der Waals surface area contributed by atoms with E-state index in [0.717, 1.165) is 22.9 Å². The highest BCUT2D eigenvalue weighted by Gasteiger charge is 2.31. The first-order valence-electron chi connectivity index (χ1n) is 9.35. The minimum atomic E-state index is -4.75. The van der Waals surface area contributed by atoms with Gasteiger partial charge in [-0.15, -0.1) is 13.2 Å². The summed E-state index contributed by atoms with van der Waals surface area (Å²) in [6.07, 6.45) is -2.66. The van der Waals surface area contributed by atoms with Crippen LogP contribution in [0.4, 0.5) is 24.9 Å². The van der Waals surface area contributed by atoms with Gasteiger partial charge in [0.2, 0.25) is 5.95 Å². The van der Waals surface area contributed by atoms with Crippen molar-refractivity contribution in [1.82, 2.24) is 9.97 Å². The van der Waals surface area contributed by atoms with Crippen LogP contribution >= 0.6 is 15.9 Å². The van der Waals surface area contributed by atoms with Gasteiger partial charge in [0, 0.05) is 28.7 Å². The second kappa shape index (κ2) is 8.51. The fourth-order valence-electron chi connectivity index (χ4n) is 2.84. The van der Waals surface area contributed by atoms with E-state index in [0.29, 0.717) is 35.6 Å². The third-order valence-corrected chi connectivity index (χ3v) is 5.19. The number of aromatic nitrogens is 2. The molecule has 0 radical (unpaired) electrons. The Labute approximate surface area is 179 Å². The summed E-state index contributed by atoms with van der Waals surface area (Å²) in [7, 11) is 0. The van der Waals surface area contributed by atoms with Crippen LogP contribution in [-0.2, 0) is 6.54 Å². The number of hydrogen-bond donors (Lipinski definition) is 2. The lowest BCUT2D eigenvalue weighted by molar-refractivity contribution is -0.274. The van der Waals surface area contributed by atoms with E-state index in [1.807, 2.05) is 24.3 Å². The molecular formula is C21H18BrF3N4O. The number of halogens is 4. The monoisotopic (exact) mass is 478 g/mol. The number of ether oxygens (including phenoxy) is 1. The fraction of sp³-hybridized carbons (Fsp3) is 0.238. The summed E-state index contributed by atoms with van der Waals surface area (Å²) < 4.78 is 42.7. The first kappa shape index (κ1) is 20.5. The fourth-order valence-corrected chi connectivity index (χ4v) is 3.27. The van der Waals surface area contributed by atoms with Crippen molar-refractivity contribution in [3.8, 4) is 17.0 Å². The lowest BCUT2D eigenvalue weighted by atomic mass is 10.1. The minimum absolute atomic E-state index is 0.293. The number of benzene rings is 2. The summed E-state index contributed by atoms with van der Waals surface area (Å²) in [6, 6.07) is 15.6. The van der Waals surface area contributed by atoms with E-state index in [9.17, 15) is 13.2 Å². The third-order valence-electron chi connectivity index (χ3n) is 4.42. The summed E-state index contributed by atoms with van der Waals surface area (Å²) in [6.45, 7) is 0.526. The molecule has 0 atom stereocenters. The normalized spacial score (nSPS) is 13.7. The quantitative estimate of drug-likeness (QED) is 0.436. The van der Waals surface area contributed by atoms with Gasteiger partial charge >= 0.3 is 6.36 Å². The topological polar surface area (TPSA) is 59.1 Å². The molecule has 1 heterocycles. The molecule has 1 aliphatic rings. The highest BCUT2D eigenvalue weighted by Crippen LogP contribution is 2.30. The largest absolute Gasteiger partial charge is 0.573 e. The van der Waals surface area contributed by atoms with Crippen LogP contribution in [0.2, 0.25) is 0 Å². The second-order valence-corrected chi connectivity index (χ2v) is 7.76. The molecule has 0 bridgehead atoms. The smallest absolute Gasteiger partial charge is 0.406 e. The molecule has 0 aliphatic heterocycles. The van der Waals surface area contributed by atoms with Crippen LogP contribution in [0.25, 0.3) is 11.3 Å². The maximum Gasteiger partial charge on any atom is 0.573 e. The molecule has 0 unspecified atom stereocenters. The highest BCUT2D eigenvalue weighted by molar-refractivity contribution is 9.10.